The Bertz CT molecular complexity index is 1220. The Kier molecular flexibility index (Phi) is 7.41. The van der Waals surface area contributed by atoms with Crippen molar-refractivity contribution in [3.63, 3.8) is 0 Å². The van der Waals surface area contributed by atoms with Crippen LogP contribution in [0.1, 0.15) is 29.3 Å². The summed E-state index contributed by atoms with van der Waals surface area (Å²) >= 11 is 3.01. The third-order valence-electron chi connectivity index (χ3n) is 4.76. The Morgan fingerprint density at radius 2 is 1.97 bits per heavy atom. The number of hydrogen-bond acceptors (Lipinski definition) is 7. The average molecular weight is 480 g/mol. The van der Waals surface area contributed by atoms with Gasteiger partial charge in [0.15, 0.2) is 11.0 Å². The molecular formula is C24H25N5O2S2. The molecule has 33 heavy (non-hydrogen) atoms. The van der Waals surface area contributed by atoms with Crippen LogP contribution >= 0.6 is 23.1 Å². The number of ether oxygens (including phenoxy) is 1. The van der Waals surface area contributed by atoms with E-state index >= 15 is 0 Å². The normalized spacial score (nSPS) is 11.0. The fourth-order valence-electron chi connectivity index (χ4n) is 3.12. The van der Waals surface area contributed by atoms with Crippen molar-refractivity contribution in [1.29, 1.82) is 0 Å². The van der Waals surface area contributed by atoms with Gasteiger partial charge in [-0.1, -0.05) is 55.9 Å². The van der Waals surface area contributed by atoms with E-state index in [1.807, 2.05) is 59.2 Å². The van der Waals surface area contributed by atoms with Crippen LogP contribution in [0.15, 0.2) is 65.1 Å². The summed E-state index contributed by atoms with van der Waals surface area (Å²) < 4.78 is 7.41. The van der Waals surface area contributed by atoms with E-state index in [0.29, 0.717) is 23.9 Å². The molecule has 0 unspecified atom stereocenters. The zero-order valence-electron chi connectivity index (χ0n) is 18.7. The number of amides is 1. The predicted molar refractivity (Wildman–Crippen MR) is 132 cm³/mol. The highest BCUT2D eigenvalue weighted by Gasteiger charge is 2.18. The van der Waals surface area contributed by atoms with Crippen LogP contribution in [0.3, 0.4) is 0 Å². The maximum Gasteiger partial charge on any atom is 0.270 e. The van der Waals surface area contributed by atoms with Crippen LogP contribution in [0.25, 0.3) is 17.1 Å². The van der Waals surface area contributed by atoms with Gasteiger partial charge in [0.25, 0.3) is 5.91 Å². The first-order chi connectivity index (χ1) is 16.0. The molecule has 170 valence electrons. The van der Waals surface area contributed by atoms with Crippen molar-refractivity contribution in [2.45, 2.75) is 24.8 Å². The largest absolute Gasteiger partial charge is 0.497 e. The van der Waals surface area contributed by atoms with Gasteiger partial charge in [-0.15, -0.1) is 21.5 Å². The summed E-state index contributed by atoms with van der Waals surface area (Å²) in [6.45, 7) is 4.76. The quantitative estimate of drug-likeness (QED) is 0.337. The smallest absolute Gasteiger partial charge is 0.270 e. The zero-order valence-corrected chi connectivity index (χ0v) is 20.3. The van der Waals surface area contributed by atoms with Crippen molar-refractivity contribution < 1.29 is 9.53 Å². The van der Waals surface area contributed by atoms with Crippen molar-refractivity contribution in [3.8, 4) is 22.8 Å². The molecule has 0 atom stereocenters. The molecule has 4 aromatic rings. The lowest BCUT2D eigenvalue weighted by Crippen LogP contribution is -2.27. The van der Waals surface area contributed by atoms with Crippen molar-refractivity contribution in [3.05, 3.63) is 70.7 Å². The summed E-state index contributed by atoms with van der Waals surface area (Å²) in [7, 11) is 1.65. The first-order valence-corrected chi connectivity index (χ1v) is 12.4. The number of thioether (sulfide) groups is 1. The molecule has 0 aliphatic rings. The highest BCUT2D eigenvalue weighted by molar-refractivity contribution is 7.98. The number of para-hydroxylation sites is 1. The molecule has 0 fully saturated rings. The molecule has 0 saturated heterocycles. The second-order valence-corrected chi connectivity index (χ2v) is 9.61. The molecule has 2 heterocycles. The highest BCUT2D eigenvalue weighted by Crippen LogP contribution is 2.31. The Morgan fingerprint density at radius 3 is 2.73 bits per heavy atom. The van der Waals surface area contributed by atoms with Crippen LogP contribution < -0.4 is 10.1 Å². The summed E-state index contributed by atoms with van der Waals surface area (Å²) in [4.78, 5) is 16.8. The first-order valence-electron chi connectivity index (χ1n) is 10.6. The number of benzene rings is 2. The van der Waals surface area contributed by atoms with Crippen LogP contribution in [0.4, 0.5) is 0 Å². The lowest BCUT2D eigenvalue weighted by molar-refractivity contribution is 0.0944. The van der Waals surface area contributed by atoms with Gasteiger partial charge in [-0.3, -0.25) is 9.36 Å². The van der Waals surface area contributed by atoms with Crippen molar-refractivity contribution >= 4 is 29.0 Å². The average Bonchev–Trinajstić information content (AvgIpc) is 3.49. The van der Waals surface area contributed by atoms with Crippen LogP contribution in [-0.4, -0.2) is 39.3 Å². The van der Waals surface area contributed by atoms with E-state index < -0.39 is 0 Å². The number of methoxy groups -OCH3 is 1. The van der Waals surface area contributed by atoms with E-state index in [1.165, 1.54) is 23.1 Å². The summed E-state index contributed by atoms with van der Waals surface area (Å²) in [5.74, 6) is 2.34. The predicted octanol–water partition coefficient (Wildman–Crippen LogP) is 5.08. The van der Waals surface area contributed by atoms with E-state index in [2.05, 4.69) is 34.3 Å². The van der Waals surface area contributed by atoms with Gasteiger partial charge >= 0.3 is 0 Å². The lowest BCUT2D eigenvalue weighted by atomic mass is 10.2. The van der Waals surface area contributed by atoms with Gasteiger partial charge in [-0.05, 0) is 30.2 Å². The highest BCUT2D eigenvalue weighted by atomic mass is 32.2. The standard InChI is InChI=1S/C24H25N5O2S2/c1-16(2)13-25-23(30)20-14-32-21(26-20)15-33-24-28-27-22(17-8-7-11-19(12-17)31-3)29(24)18-9-5-4-6-10-18/h4-12,14,16H,13,15H2,1-3H3,(H,25,30). The van der Waals surface area contributed by atoms with Crippen molar-refractivity contribution in [2.24, 2.45) is 5.92 Å². The molecule has 0 bridgehead atoms. The maximum atomic E-state index is 12.3. The SMILES string of the molecule is COc1cccc(-c2nnc(SCc3nc(C(=O)NCC(C)C)cs3)n2-c2ccccc2)c1. The number of nitrogens with zero attached hydrogens (tertiary/aromatic N) is 4. The molecule has 1 N–H and O–H groups in total. The second-order valence-electron chi connectivity index (χ2n) is 7.73. The summed E-state index contributed by atoms with van der Waals surface area (Å²) in [5.41, 5.74) is 2.34. The molecule has 0 saturated carbocycles. The lowest BCUT2D eigenvalue weighted by Gasteiger charge is -2.10. The molecule has 1 amide bonds. The number of carbonyl (C=O) groups is 1. The van der Waals surface area contributed by atoms with Gasteiger partial charge in [-0.2, -0.15) is 0 Å². The minimum Gasteiger partial charge on any atom is -0.497 e. The maximum absolute atomic E-state index is 12.3. The molecule has 2 aromatic heterocycles. The molecule has 0 spiro atoms. The monoisotopic (exact) mass is 479 g/mol. The van der Waals surface area contributed by atoms with Crippen molar-refractivity contribution in [1.82, 2.24) is 25.1 Å². The Morgan fingerprint density at radius 1 is 1.15 bits per heavy atom. The van der Waals surface area contributed by atoms with Crippen molar-refractivity contribution in [2.75, 3.05) is 13.7 Å². The second kappa shape index (κ2) is 10.6. The van der Waals surface area contributed by atoms with Crippen LogP contribution in [-0.2, 0) is 5.75 Å². The van der Waals surface area contributed by atoms with Gasteiger partial charge in [-0.25, -0.2) is 4.98 Å². The number of aromatic nitrogens is 4. The summed E-state index contributed by atoms with van der Waals surface area (Å²) in [6, 6.07) is 17.8. The molecular weight excluding hydrogens is 454 g/mol. The van der Waals surface area contributed by atoms with E-state index in [1.54, 1.807) is 12.5 Å². The minimum atomic E-state index is -0.135. The number of carbonyl (C=O) groups excluding carboxylic acids is 1. The van der Waals surface area contributed by atoms with E-state index in [4.69, 9.17) is 4.74 Å². The fraction of sp³-hybridized carbons (Fsp3) is 0.250. The Hall–Kier alpha value is -3.17. The van der Waals surface area contributed by atoms with Gasteiger partial charge in [0, 0.05) is 23.2 Å². The molecule has 2 aromatic carbocycles. The van der Waals surface area contributed by atoms with Gasteiger partial charge in [0.05, 0.1) is 12.9 Å². The van der Waals surface area contributed by atoms with Gasteiger partial charge in [0.1, 0.15) is 16.5 Å². The van der Waals surface area contributed by atoms with E-state index in [9.17, 15) is 4.79 Å². The third-order valence-corrected chi connectivity index (χ3v) is 6.73. The van der Waals surface area contributed by atoms with Crippen LogP contribution in [0.5, 0.6) is 5.75 Å². The molecule has 0 aliphatic heterocycles. The zero-order chi connectivity index (χ0) is 23.2. The minimum absolute atomic E-state index is 0.135. The van der Waals surface area contributed by atoms with Gasteiger partial charge in [0.2, 0.25) is 0 Å². The molecule has 9 heteroatoms. The van der Waals surface area contributed by atoms with E-state index in [-0.39, 0.29) is 5.91 Å². The number of nitrogens with one attached hydrogen (secondary N) is 1. The summed E-state index contributed by atoms with van der Waals surface area (Å²) in [5, 5.41) is 15.3. The number of hydrogen-bond donors (Lipinski definition) is 1. The summed E-state index contributed by atoms with van der Waals surface area (Å²) in [6.07, 6.45) is 0. The molecule has 7 nitrogen and oxygen atoms in total. The molecule has 4 rings (SSSR count). The fourth-order valence-corrected chi connectivity index (χ4v) is 4.86. The topological polar surface area (TPSA) is 81.9 Å². The van der Waals surface area contributed by atoms with Gasteiger partial charge < -0.3 is 10.1 Å². The van der Waals surface area contributed by atoms with E-state index in [0.717, 1.165) is 33.0 Å². The van der Waals surface area contributed by atoms with Crippen LogP contribution in [0, 0.1) is 5.92 Å². The Labute approximate surface area is 201 Å². The molecule has 0 aliphatic carbocycles. The Balaban J connectivity index is 1.57. The molecule has 0 radical (unpaired) electrons. The van der Waals surface area contributed by atoms with Crippen LogP contribution in [0.2, 0.25) is 0 Å². The number of thiazole rings is 1. The number of rotatable bonds is 9. The third kappa shape index (κ3) is 5.61. The first kappa shape index (κ1) is 23.0.